The quantitative estimate of drug-likeness (QED) is 0.619. The summed E-state index contributed by atoms with van der Waals surface area (Å²) in [7, 11) is 0. The molecule has 1 aliphatic carbocycles. The fourth-order valence-electron chi connectivity index (χ4n) is 2.28. The summed E-state index contributed by atoms with van der Waals surface area (Å²) in [5.74, 6) is -0.104. The Kier molecular flexibility index (Phi) is 3.14. The second kappa shape index (κ2) is 4.96. The van der Waals surface area contributed by atoms with Crippen LogP contribution in [0.4, 0.5) is 15.8 Å². The first-order chi connectivity index (χ1) is 9.66. The summed E-state index contributed by atoms with van der Waals surface area (Å²) in [5.41, 5.74) is -0.153. The number of halogens is 1. The van der Waals surface area contributed by atoms with Crippen LogP contribution in [0.25, 0.3) is 0 Å². The second-order valence-electron chi connectivity index (χ2n) is 4.80. The van der Waals surface area contributed by atoms with Crippen LogP contribution in [0.3, 0.4) is 0 Å². The lowest BCUT2D eigenvalue weighted by atomic mass is 10.2. The van der Waals surface area contributed by atoms with E-state index in [2.05, 4.69) is 0 Å². The topological polar surface area (TPSA) is 59.5 Å². The van der Waals surface area contributed by atoms with Crippen molar-refractivity contribution >= 4 is 11.4 Å². The monoisotopic (exact) mass is 276 g/mol. The summed E-state index contributed by atoms with van der Waals surface area (Å²) in [4.78, 5) is 12.3. The Morgan fingerprint density at radius 2 is 2.15 bits per heavy atom. The average Bonchev–Trinajstić information content (AvgIpc) is 3.12. The van der Waals surface area contributed by atoms with Crippen LogP contribution in [0.1, 0.15) is 18.6 Å². The molecule has 1 saturated carbocycles. The van der Waals surface area contributed by atoms with Gasteiger partial charge in [-0.15, -0.1) is 0 Å². The van der Waals surface area contributed by atoms with Crippen LogP contribution < -0.4 is 4.90 Å². The van der Waals surface area contributed by atoms with Gasteiger partial charge >= 0.3 is 5.69 Å². The minimum absolute atomic E-state index is 0.209. The number of hydrogen-bond donors (Lipinski definition) is 0. The Bertz CT molecular complexity index is 623. The van der Waals surface area contributed by atoms with E-state index in [4.69, 9.17) is 4.42 Å². The molecule has 1 aromatic heterocycles. The van der Waals surface area contributed by atoms with Gasteiger partial charge in [0.15, 0.2) is 0 Å². The van der Waals surface area contributed by atoms with E-state index in [9.17, 15) is 14.5 Å². The predicted octanol–water partition coefficient (Wildman–Crippen LogP) is 3.50. The first-order valence-electron chi connectivity index (χ1n) is 6.39. The van der Waals surface area contributed by atoms with E-state index in [1.165, 1.54) is 6.07 Å². The summed E-state index contributed by atoms with van der Waals surface area (Å²) < 4.78 is 19.0. The summed E-state index contributed by atoms with van der Waals surface area (Å²) in [6, 6.07) is 7.97. The molecule has 0 unspecified atom stereocenters. The standard InChI is InChI=1S/C14H13FN2O3/c15-12-4-1-5-13(14(12)17(18)19)16(10-6-7-10)9-11-3-2-8-20-11/h1-5,8,10H,6-7,9H2. The van der Waals surface area contributed by atoms with Gasteiger partial charge in [0, 0.05) is 6.04 Å². The van der Waals surface area contributed by atoms with Gasteiger partial charge in [0.1, 0.15) is 11.4 Å². The van der Waals surface area contributed by atoms with Crippen molar-refractivity contribution in [3.8, 4) is 0 Å². The van der Waals surface area contributed by atoms with Gasteiger partial charge in [0.05, 0.1) is 17.7 Å². The molecule has 6 heteroatoms. The molecule has 0 amide bonds. The van der Waals surface area contributed by atoms with Gasteiger partial charge in [0.25, 0.3) is 0 Å². The van der Waals surface area contributed by atoms with E-state index >= 15 is 0 Å². The van der Waals surface area contributed by atoms with Crippen molar-refractivity contribution in [2.45, 2.75) is 25.4 Å². The van der Waals surface area contributed by atoms with Crippen molar-refractivity contribution in [1.29, 1.82) is 0 Å². The van der Waals surface area contributed by atoms with Crippen molar-refractivity contribution in [1.82, 2.24) is 0 Å². The molecule has 0 N–H and O–H groups in total. The highest BCUT2D eigenvalue weighted by Gasteiger charge is 2.34. The van der Waals surface area contributed by atoms with E-state index < -0.39 is 16.4 Å². The molecule has 104 valence electrons. The van der Waals surface area contributed by atoms with Crippen molar-refractivity contribution in [2.24, 2.45) is 0 Å². The molecule has 3 rings (SSSR count). The number of rotatable bonds is 5. The molecule has 0 bridgehead atoms. The van der Waals surface area contributed by atoms with E-state index in [-0.39, 0.29) is 6.04 Å². The van der Waals surface area contributed by atoms with Gasteiger partial charge in [-0.25, -0.2) is 0 Å². The van der Waals surface area contributed by atoms with Gasteiger partial charge in [-0.3, -0.25) is 10.1 Å². The lowest BCUT2D eigenvalue weighted by Gasteiger charge is -2.23. The van der Waals surface area contributed by atoms with E-state index in [1.807, 2.05) is 4.90 Å². The summed E-state index contributed by atoms with van der Waals surface area (Å²) in [6.45, 7) is 0.405. The highest BCUT2D eigenvalue weighted by molar-refractivity contribution is 5.65. The number of para-hydroxylation sites is 1. The van der Waals surface area contributed by atoms with Gasteiger partial charge in [-0.05, 0) is 37.1 Å². The maximum atomic E-state index is 13.7. The summed E-state index contributed by atoms with van der Waals surface area (Å²) >= 11 is 0. The van der Waals surface area contributed by atoms with Crippen LogP contribution in [0.5, 0.6) is 0 Å². The van der Waals surface area contributed by atoms with Crippen LogP contribution in [0, 0.1) is 15.9 Å². The van der Waals surface area contributed by atoms with Crippen LogP contribution in [-0.4, -0.2) is 11.0 Å². The zero-order valence-corrected chi connectivity index (χ0v) is 10.7. The van der Waals surface area contributed by atoms with E-state index in [0.717, 1.165) is 18.9 Å². The fraction of sp³-hybridized carbons (Fsp3) is 0.286. The Balaban J connectivity index is 1.99. The molecule has 0 spiro atoms. The number of furan rings is 1. The minimum Gasteiger partial charge on any atom is -0.467 e. The zero-order valence-electron chi connectivity index (χ0n) is 10.7. The molecule has 0 saturated heterocycles. The van der Waals surface area contributed by atoms with Gasteiger partial charge in [-0.1, -0.05) is 6.07 Å². The first-order valence-corrected chi connectivity index (χ1v) is 6.39. The average molecular weight is 276 g/mol. The number of nitrogens with zero attached hydrogens (tertiary/aromatic N) is 2. The van der Waals surface area contributed by atoms with Crippen molar-refractivity contribution in [3.63, 3.8) is 0 Å². The number of nitro groups is 1. The van der Waals surface area contributed by atoms with Crippen LogP contribution >= 0.6 is 0 Å². The van der Waals surface area contributed by atoms with E-state index in [0.29, 0.717) is 18.0 Å². The van der Waals surface area contributed by atoms with Crippen LogP contribution in [0.2, 0.25) is 0 Å². The highest BCUT2D eigenvalue weighted by atomic mass is 19.1. The number of nitro benzene ring substituents is 1. The Labute approximate surface area is 114 Å². The number of anilines is 1. The second-order valence-corrected chi connectivity index (χ2v) is 4.80. The maximum Gasteiger partial charge on any atom is 0.327 e. The third kappa shape index (κ3) is 2.36. The fourth-order valence-corrected chi connectivity index (χ4v) is 2.28. The zero-order chi connectivity index (χ0) is 14.1. The highest BCUT2D eigenvalue weighted by Crippen LogP contribution is 2.39. The molecule has 0 radical (unpaired) electrons. The lowest BCUT2D eigenvalue weighted by molar-refractivity contribution is -0.386. The molecule has 0 aliphatic heterocycles. The Morgan fingerprint density at radius 1 is 1.35 bits per heavy atom. The molecule has 1 heterocycles. The third-order valence-corrected chi connectivity index (χ3v) is 3.35. The maximum absolute atomic E-state index is 13.7. The predicted molar refractivity (Wildman–Crippen MR) is 71.0 cm³/mol. The minimum atomic E-state index is -0.808. The molecule has 2 aromatic rings. The SMILES string of the molecule is O=[N+]([O-])c1c(F)cccc1N(Cc1ccco1)C1CC1. The smallest absolute Gasteiger partial charge is 0.327 e. The van der Waals surface area contributed by atoms with Gasteiger partial charge in [0.2, 0.25) is 5.82 Å². The molecule has 1 aromatic carbocycles. The molecule has 1 fully saturated rings. The van der Waals surface area contributed by atoms with Crippen LogP contribution in [0.15, 0.2) is 41.0 Å². The molecule has 5 nitrogen and oxygen atoms in total. The summed E-state index contributed by atoms with van der Waals surface area (Å²) in [5, 5.41) is 11.1. The molecule has 0 atom stereocenters. The number of hydrogen-bond acceptors (Lipinski definition) is 4. The first kappa shape index (κ1) is 12.7. The largest absolute Gasteiger partial charge is 0.467 e. The van der Waals surface area contributed by atoms with Crippen LogP contribution in [-0.2, 0) is 6.54 Å². The molecular weight excluding hydrogens is 263 g/mol. The van der Waals surface area contributed by atoms with Gasteiger partial charge in [-0.2, -0.15) is 4.39 Å². The number of benzene rings is 1. The van der Waals surface area contributed by atoms with Crippen molar-refractivity contribution in [3.05, 3.63) is 58.3 Å². The van der Waals surface area contributed by atoms with E-state index in [1.54, 1.807) is 24.5 Å². The lowest BCUT2D eigenvalue weighted by Crippen LogP contribution is -2.25. The normalized spacial score (nSPS) is 14.2. The molecule has 20 heavy (non-hydrogen) atoms. The molecule has 1 aliphatic rings. The molecular formula is C14H13FN2O3. The third-order valence-electron chi connectivity index (χ3n) is 3.35. The Hall–Kier alpha value is -2.37. The van der Waals surface area contributed by atoms with Gasteiger partial charge < -0.3 is 9.32 Å². The Morgan fingerprint density at radius 3 is 2.75 bits per heavy atom. The van der Waals surface area contributed by atoms with Crippen molar-refractivity contribution < 1.29 is 13.7 Å². The van der Waals surface area contributed by atoms with Crippen molar-refractivity contribution in [2.75, 3.05) is 4.90 Å². The summed E-state index contributed by atoms with van der Waals surface area (Å²) in [6.07, 6.45) is 3.46.